The van der Waals surface area contributed by atoms with Gasteiger partial charge in [-0.15, -0.1) is 0 Å². The second-order valence-corrected chi connectivity index (χ2v) is 2.43. The molecule has 0 fully saturated rings. The van der Waals surface area contributed by atoms with Gasteiger partial charge in [-0.3, -0.25) is 0 Å². The average Bonchev–Trinajstić information content (AvgIpc) is 2.53. The second-order valence-electron chi connectivity index (χ2n) is 2.43. The third-order valence-electron chi connectivity index (χ3n) is 1.41. The Morgan fingerprint density at radius 3 is 3.00 bits per heavy atom. The molecule has 1 aromatic heterocycles. The van der Waals surface area contributed by atoms with Crippen molar-refractivity contribution >= 4 is 11.8 Å². The highest BCUT2D eigenvalue weighted by atomic mass is 16.6. The molecule has 0 unspecified atom stereocenters. The topological polar surface area (TPSA) is 87.3 Å². The molecular formula is C7H9N3O4. The lowest BCUT2D eigenvalue weighted by molar-refractivity contribution is -0.389. The number of rotatable bonds is 4. The number of hydrogen-bond donors (Lipinski definition) is 0. The van der Waals surface area contributed by atoms with Crippen molar-refractivity contribution in [2.45, 2.75) is 13.5 Å². The fourth-order valence-corrected chi connectivity index (χ4v) is 0.875. The van der Waals surface area contributed by atoms with Gasteiger partial charge in [0, 0.05) is 0 Å². The van der Waals surface area contributed by atoms with Crippen molar-refractivity contribution in [3.8, 4) is 0 Å². The van der Waals surface area contributed by atoms with E-state index in [9.17, 15) is 14.9 Å². The summed E-state index contributed by atoms with van der Waals surface area (Å²) in [5.74, 6) is -0.750. The fourth-order valence-electron chi connectivity index (χ4n) is 0.875. The lowest BCUT2D eigenvalue weighted by Gasteiger charge is -1.97. The maximum absolute atomic E-state index is 10.9. The highest BCUT2D eigenvalue weighted by Gasteiger charge is 2.13. The van der Waals surface area contributed by atoms with E-state index in [4.69, 9.17) is 0 Å². The third kappa shape index (κ3) is 2.54. The molecule has 0 aromatic carbocycles. The Kier molecular flexibility index (Phi) is 3.16. The predicted molar refractivity (Wildman–Crippen MR) is 45.5 cm³/mol. The van der Waals surface area contributed by atoms with Gasteiger partial charge in [0.05, 0.1) is 24.0 Å². The molecule has 0 aliphatic rings. The van der Waals surface area contributed by atoms with E-state index in [-0.39, 0.29) is 19.0 Å². The zero-order chi connectivity index (χ0) is 10.6. The minimum absolute atomic E-state index is 0.109. The molecule has 0 saturated heterocycles. The van der Waals surface area contributed by atoms with Gasteiger partial charge < -0.3 is 14.9 Å². The van der Waals surface area contributed by atoms with E-state index in [1.165, 1.54) is 12.3 Å². The van der Waals surface area contributed by atoms with Crippen LogP contribution >= 0.6 is 0 Å². The molecule has 0 spiro atoms. The molecule has 0 aliphatic carbocycles. The number of nitro groups is 1. The smallest absolute Gasteiger partial charge is 0.389 e. The molecule has 1 rings (SSSR count). The Hall–Kier alpha value is -1.92. The van der Waals surface area contributed by atoms with Crippen molar-refractivity contribution in [2.24, 2.45) is 0 Å². The fraction of sp³-hybridized carbons (Fsp3) is 0.429. The molecule has 0 amide bonds. The van der Waals surface area contributed by atoms with Gasteiger partial charge in [0.1, 0.15) is 0 Å². The van der Waals surface area contributed by atoms with E-state index in [0.29, 0.717) is 0 Å². The zero-order valence-electron chi connectivity index (χ0n) is 7.54. The normalized spacial score (nSPS) is 9.79. The molecule has 0 bridgehead atoms. The number of ether oxygens (including phenoxy) is 1. The van der Waals surface area contributed by atoms with Gasteiger partial charge in [0.2, 0.25) is 0 Å². The Morgan fingerprint density at radius 2 is 2.50 bits per heavy atom. The Balaban J connectivity index is 2.59. The molecule has 1 aromatic rings. The van der Waals surface area contributed by atoms with Crippen LogP contribution in [0.1, 0.15) is 6.92 Å². The number of nitrogens with zero attached hydrogens (tertiary/aromatic N) is 3. The van der Waals surface area contributed by atoms with Crippen LogP contribution < -0.4 is 0 Å². The first-order chi connectivity index (χ1) is 6.63. The van der Waals surface area contributed by atoms with Crippen LogP contribution in [0.3, 0.4) is 0 Å². The SMILES string of the molecule is CCOC(=O)Cn1ccc([N+](=O)[O-])n1. The van der Waals surface area contributed by atoms with Gasteiger partial charge in [0.15, 0.2) is 6.54 Å². The summed E-state index contributed by atoms with van der Waals surface area (Å²) in [6, 6.07) is 1.22. The summed E-state index contributed by atoms with van der Waals surface area (Å²) in [4.78, 5) is 20.6. The minimum atomic E-state index is -0.623. The largest absolute Gasteiger partial charge is 0.465 e. The first-order valence-electron chi connectivity index (χ1n) is 3.97. The summed E-state index contributed by atoms with van der Waals surface area (Å²) < 4.78 is 5.81. The van der Waals surface area contributed by atoms with Crippen molar-refractivity contribution in [3.63, 3.8) is 0 Å². The lowest BCUT2D eigenvalue weighted by Crippen LogP contribution is -2.13. The molecule has 0 aliphatic heterocycles. The molecule has 7 heteroatoms. The van der Waals surface area contributed by atoms with Crippen molar-refractivity contribution in [3.05, 3.63) is 22.4 Å². The standard InChI is InChI=1S/C7H9N3O4/c1-2-14-7(11)5-9-4-3-6(8-9)10(12)13/h3-4H,2,5H2,1H3. The summed E-state index contributed by atoms with van der Waals surface area (Å²) >= 11 is 0. The molecule has 0 saturated carbocycles. The van der Waals surface area contributed by atoms with E-state index in [1.807, 2.05) is 0 Å². The molecule has 1 heterocycles. The van der Waals surface area contributed by atoms with Crippen LogP contribution in [0.4, 0.5) is 5.82 Å². The Bertz CT molecular complexity index is 346. The molecule has 0 radical (unpaired) electrons. The maximum Gasteiger partial charge on any atom is 0.389 e. The lowest BCUT2D eigenvalue weighted by atomic mass is 10.6. The van der Waals surface area contributed by atoms with E-state index in [2.05, 4.69) is 9.84 Å². The number of carbonyl (C=O) groups excluding carboxylic acids is 1. The van der Waals surface area contributed by atoms with Crippen molar-refractivity contribution in [2.75, 3.05) is 6.61 Å². The van der Waals surface area contributed by atoms with Crippen LogP contribution in [0.2, 0.25) is 0 Å². The predicted octanol–water partition coefficient (Wildman–Crippen LogP) is 0.354. The molecule has 0 atom stereocenters. The summed E-state index contributed by atoms with van der Waals surface area (Å²) in [5, 5.41) is 13.8. The van der Waals surface area contributed by atoms with Crippen LogP contribution in [0.25, 0.3) is 0 Å². The first kappa shape index (κ1) is 10.2. The van der Waals surface area contributed by atoms with E-state index in [0.717, 1.165) is 4.68 Å². The van der Waals surface area contributed by atoms with Crippen LogP contribution in [0.5, 0.6) is 0 Å². The van der Waals surface area contributed by atoms with Crippen LogP contribution in [0.15, 0.2) is 12.3 Å². The molecule has 76 valence electrons. The number of carbonyl (C=O) groups is 1. The highest BCUT2D eigenvalue weighted by Crippen LogP contribution is 2.04. The Morgan fingerprint density at radius 1 is 1.79 bits per heavy atom. The first-order valence-corrected chi connectivity index (χ1v) is 3.97. The Labute approximate surface area is 79.4 Å². The number of esters is 1. The van der Waals surface area contributed by atoms with E-state index >= 15 is 0 Å². The molecule has 7 nitrogen and oxygen atoms in total. The van der Waals surface area contributed by atoms with Crippen LogP contribution in [-0.4, -0.2) is 27.3 Å². The highest BCUT2D eigenvalue weighted by molar-refractivity contribution is 5.69. The van der Waals surface area contributed by atoms with Gasteiger partial charge in [-0.25, -0.2) is 4.79 Å². The monoisotopic (exact) mass is 199 g/mol. The zero-order valence-corrected chi connectivity index (χ0v) is 7.54. The van der Waals surface area contributed by atoms with Gasteiger partial charge in [-0.2, -0.15) is 4.68 Å². The van der Waals surface area contributed by atoms with Gasteiger partial charge in [-0.05, 0) is 11.8 Å². The number of hydrogen-bond acceptors (Lipinski definition) is 5. The van der Waals surface area contributed by atoms with Gasteiger partial charge in [0.25, 0.3) is 0 Å². The molecule has 0 N–H and O–H groups in total. The van der Waals surface area contributed by atoms with Crippen LogP contribution in [0, 0.1) is 10.1 Å². The summed E-state index contributed by atoms with van der Waals surface area (Å²) in [6.07, 6.45) is 1.36. The van der Waals surface area contributed by atoms with E-state index in [1.54, 1.807) is 6.92 Å². The minimum Gasteiger partial charge on any atom is -0.465 e. The van der Waals surface area contributed by atoms with Crippen molar-refractivity contribution in [1.29, 1.82) is 0 Å². The number of aromatic nitrogens is 2. The molecule has 14 heavy (non-hydrogen) atoms. The summed E-state index contributed by atoms with van der Waals surface area (Å²) in [7, 11) is 0. The van der Waals surface area contributed by atoms with Gasteiger partial charge in [-0.1, -0.05) is 0 Å². The maximum atomic E-state index is 10.9. The van der Waals surface area contributed by atoms with Gasteiger partial charge >= 0.3 is 11.8 Å². The molecular weight excluding hydrogens is 190 g/mol. The third-order valence-corrected chi connectivity index (χ3v) is 1.41. The van der Waals surface area contributed by atoms with Crippen LogP contribution in [-0.2, 0) is 16.1 Å². The summed E-state index contributed by atoms with van der Waals surface area (Å²) in [6.45, 7) is 1.85. The van der Waals surface area contributed by atoms with Crippen molar-refractivity contribution < 1.29 is 14.5 Å². The summed E-state index contributed by atoms with van der Waals surface area (Å²) in [5.41, 5.74) is 0. The quantitative estimate of drug-likeness (QED) is 0.396. The van der Waals surface area contributed by atoms with E-state index < -0.39 is 10.9 Å². The second kappa shape index (κ2) is 4.35. The average molecular weight is 199 g/mol. The van der Waals surface area contributed by atoms with Crippen molar-refractivity contribution in [1.82, 2.24) is 9.78 Å².